The highest BCUT2D eigenvalue weighted by Crippen LogP contribution is 2.36. The number of nitrogens with zero attached hydrogens (tertiary/aromatic N) is 6. The van der Waals surface area contributed by atoms with Gasteiger partial charge in [0.2, 0.25) is 0 Å². The van der Waals surface area contributed by atoms with Gasteiger partial charge in [0, 0.05) is 62.4 Å². The number of rotatable bonds is 7. The van der Waals surface area contributed by atoms with E-state index in [4.69, 9.17) is 11.6 Å². The first-order valence-electron chi connectivity index (χ1n) is 10.1. The molecule has 0 spiro atoms. The first kappa shape index (κ1) is 21.7. The topological polar surface area (TPSA) is 70.1 Å². The Labute approximate surface area is 192 Å². The van der Waals surface area contributed by atoms with Crippen LogP contribution in [-0.2, 0) is 6.54 Å². The van der Waals surface area contributed by atoms with Crippen LogP contribution in [-0.4, -0.2) is 46.3 Å². The Morgan fingerprint density at radius 1 is 0.875 bits per heavy atom. The van der Waals surface area contributed by atoms with Crippen molar-refractivity contribution in [3.63, 3.8) is 0 Å². The Kier molecular flexibility index (Phi) is 6.58. The summed E-state index contributed by atoms with van der Waals surface area (Å²) in [5, 5.41) is 11.3. The Morgan fingerprint density at radius 2 is 1.62 bits per heavy atom. The number of pyridine rings is 2. The van der Waals surface area contributed by atoms with Gasteiger partial charge in [-0.15, -0.1) is 5.10 Å². The second-order valence-electron chi connectivity index (χ2n) is 7.61. The molecule has 0 aliphatic heterocycles. The van der Waals surface area contributed by atoms with Crippen LogP contribution in [0.3, 0.4) is 0 Å². The molecule has 1 N–H and O–H groups in total. The maximum absolute atomic E-state index is 6.10. The first-order valence-corrected chi connectivity index (χ1v) is 10.5. The highest BCUT2D eigenvalue weighted by Gasteiger charge is 2.16. The molecule has 0 radical (unpaired) electrons. The fraction of sp³-hybridized carbons (Fsp3) is 0.167. The largest absolute Gasteiger partial charge is 0.363 e. The van der Waals surface area contributed by atoms with Crippen molar-refractivity contribution in [1.82, 2.24) is 25.2 Å². The Balaban J connectivity index is 1.66. The summed E-state index contributed by atoms with van der Waals surface area (Å²) in [6, 6.07) is 15.7. The molecule has 0 aliphatic carbocycles. The lowest BCUT2D eigenvalue weighted by atomic mass is 9.97. The van der Waals surface area contributed by atoms with Gasteiger partial charge in [0.15, 0.2) is 5.82 Å². The highest BCUT2D eigenvalue weighted by atomic mass is 35.5. The van der Waals surface area contributed by atoms with Gasteiger partial charge in [-0.3, -0.25) is 4.98 Å². The number of hydrogen-bond donors (Lipinski definition) is 1. The number of benzene rings is 1. The number of aromatic nitrogens is 4. The van der Waals surface area contributed by atoms with Gasteiger partial charge in [-0.2, -0.15) is 5.10 Å². The predicted molar refractivity (Wildman–Crippen MR) is 129 cm³/mol. The van der Waals surface area contributed by atoms with Gasteiger partial charge in [0.25, 0.3) is 0 Å². The van der Waals surface area contributed by atoms with E-state index >= 15 is 0 Å². The summed E-state index contributed by atoms with van der Waals surface area (Å²) in [5.74, 6) is 1.58. The van der Waals surface area contributed by atoms with Gasteiger partial charge in [-0.05, 0) is 47.0 Å². The molecule has 0 amide bonds. The van der Waals surface area contributed by atoms with Crippen LogP contribution in [0.4, 0.5) is 11.6 Å². The van der Waals surface area contributed by atoms with Crippen LogP contribution in [0.1, 0.15) is 5.56 Å². The number of hydrogen-bond acceptors (Lipinski definition) is 7. The minimum atomic E-state index is 0.642. The molecular formula is C24H24ClN7. The molecule has 162 valence electrons. The molecule has 0 fully saturated rings. The average Bonchev–Trinajstić information content (AvgIpc) is 2.80. The van der Waals surface area contributed by atoms with Crippen LogP contribution in [0.5, 0.6) is 0 Å². The van der Waals surface area contributed by atoms with Crippen molar-refractivity contribution >= 4 is 23.2 Å². The van der Waals surface area contributed by atoms with Crippen LogP contribution in [0.25, 0.3) is 22.3 Å². The second-order valence-corrected chi connectivity index (χ2v) is 8.05. The molecule has 0 aliphatic rings. The van der Waals surface area contributed by atoms with E-state index in [0.717, 1.165) is 33.6 Å². The lowest BCUT2D eigenvalue weighted by Crippen LogP contribution is -2.26. The van der Waals surface area contributed by atoms with Crippen LogP contribution in [0, 0.1) is 0 Å². The highest BCUT2D eigenvalue weighted by molar-refractivity contribution is 6.30. The summed E-state index contributed by atoms with van der Waals surface area (Å²) in [5.41, 5.74) is 8.37. The van der Waals surface area contributed by atoms with Crippen molar-refractivity contribution in [1.29, 1.82) is 0 Å². The zero-order chi connectivity index (χ0) is 22.5. The summed E-state index contributed by atoms with van der Waals surface area (Å²) in [7, 11) is 5.91. The lowest BCUT2D eigenvalue weighted by molar-refractivity contribution is 0.392. The van der Waals surface area contributed by atoms with Crippen LogP contribution < -0.4 is 10.3 Å². The van der Waals surface area contributed by atoms with E-state index in [9.17, 15) is 0 Å². The number of nitrogens with one attached hydrogen (secondary N) is 1. The molecule has 0 saturated carbocycles. The molecule has 8 heteroatoms. The summed E-state index contributed by atoms with van der Waals surface area (Å²) < 4.78 is 0. The standard InChI is InChI=1S/C24H24ClN7/c1-31(2)22-9-4-17(14-27-22)16-32(3)30-24-23(19-10-12-26-13-11-19)21(15-28-29-24)18-5-7-20(25)8-6-18/h4-15H,16H2,1-3H3,(H,29,30). The van der Waals surface area contributed by atoms with E-state index in [1.165, 1.54) is 0 Å². The quantitative estimate of drug-likeness (QED) is 0.410. The zero-order valence-electron chi connectivity index (χ0n) is 18.2. The Bertz CT molecular complexity index is 1160. The van der Waals surface area contributed by atoms with Crippen molar-refractivity contribution in [2.24, 2.45) is 0 Å². The lowest BCUT2D eigenvalue weighted by Gasteiger charge is -2.22. The summed E-state index contributed by atoms with van der Waals surface area (Å²) in [4.78, 5) is 10.6. The van der Waals surface area contributed by atoms with E-state index in [2.05, 4.69) is 31.7 Å². The van der Waals surface area contributed by atoms with Crippen molar-refractivity contribution in [3.05, 3.63) is 83.9 Å². The molecular weight excluding hydrogens is 422 g/mol. The summed E-state index contributed by atoms with van der Waals surface area (Å²) in [6.07, 6.45) is 7.20. The molecule has 3 aromatic heterocycles. The van der Waals surface area contributed by atoms with Gasteiger partial charge in [-0.1, -0.05) is 29.8 Å². The van der Waals surface area contributed by atoms with Gasteiger partial charge in [-0.25, -0.2) is 9.99 Å². The monoisotopic (exact) mass is 445 g/mol. The molecule has 3 heterocycles. The maximum Gasteiger partial charge on any atom is 0.171 e. The van der Waals surface area contributed by atoms with E-state index in [0.29, 0.717) is 17.4 Å². The number of halogens is 1. The molecule has 0 bridgehead atoms. The average molecular weight is 446 g/mol. The van der Waals surface area contributed by atoms with Crippen LogP contribution >= 0.6 is 11.6 Å². The first-order chi connectivity index (χ1) is 15.5. The van der Waals surface area contributed by atoms with E-state index in [1.54, 1.807) is 18.6 Å². The summed E-state index contributed by atoms with van der Waals surface area (Å²) >= 11 is 6.10. The molecule has 32 heavy (non-hydrogen) atoms. The molecule has 4 rings (SSSR count). The third kappa shape index (κ3) is 5.01. The van der Waals surface area contributed by atoms with E-state index in [1.807, 2.05) is 79.7 Å². The molecule has 0 unspecified atom stereocenters. The van der Waals surface area contributed by atoms with Crippen molar-refractivity contribution < 1.29 is 0 Å². The summed E-state index contributed by atoms with van der Waals surface area (Å²) in [6.45, 7) is 0.642. The van der Waals surface area contributed by atoms with Gasteiger partial charge in [0.05, 0.1) is 6.20 Å². The van der Waals surface area contributed by atoms with E-state index in [-0.39, 0.29) is 0 Å². The zero-order valence-corrected chi connectivity index (χ0v) is 19.0. The smallest absolute Gasteiger partial charge is 0.171 e. The van der Waals surface area contributed by atoms with Crippen molar-refractivity contribution in [3.8, 4) is 22.3 Å². The molecule has 1 aromatic carbocycles. The minimum Gasteiger partial charge on any atom is -0.363 e. The fourth-order valence-corrected chi connectivity index (χ4v) is 3.52. The second kappa shape index (κ2) is 9.72. The van der Waals surface area contributed by atoms with Crippen LogP contribution in [0.15, 0.2) is 73.3 Å². The predicted octanol–water partition coefficient (Wildman–Crippen LogP) is 4.78. The van der Waals surface area contributed by atoms with E-state index < -0.39 is 0 Å². The SMILES string of the molecule is CN(Cc1ccc(N(C)C)nc1)Nc1nncc(-c2ccc(Cl)cc2)c1-c1ccncc1. The van der Waals surface area contributed by atoms with Gasteiger partial charge in [0.1, 0.15) is 5.82 Å². The van der Waals surface area contributed by atoms with Gasteiger partial charge >= 0.3 is 0 Å². The fourth-order valence-electron chi connectivity index (χ4n) is 3.39. The third-order valence-electron chi connectivity index (χ3n) is 4.96. The molecule has 7 nitrogen and oxygen atoms in total. The molecule has 0 atom stereocenters. The number of hydrazine groups is 1. The maximum atomic E-state index is 6.10. The van der Waals surface area contributed by atoms with Crippen molar-refractivity contribution in [2.75, 3.05) is 31.5 Å². The molecule has 0 saturated heterocycles. The third-order valence-corrected chi connectivity index (χ3v) is 5.21. The number of anilines is 2. The molecule has 4 aromatic rings. The van der Waals surface area contributed by atoms with Crippen LogP contribution in [0.2, 0.25) is 5.02 Å². The van der Waals surface area contributed by atoms with Crippen molar-refractivity contribution in [2.45, 2.75) is 6.54 Å². The Morgan fingerprint density at radius 3 is 2.28 bits per heavy atom. The minimum absolute atomic E-state index is 0.642. The van der Waals surface area contributed by atoms with Gasteiger partial charge < -0.3 is 10.3 Å². The normalized spacial score (nSPS) is 10.9. The Hall–Kier alpha value is -3.55.